The monoisotopic (exact) mass is 1220 g/mol. The number of aliphatic hydroxyl groups is 1. The lowest BCUT2D eigenvalue weighted by atomic mass is 10.0. The van der Waals surface area contributed by atoms with Crippen LogP contribution in [0.3, 0.4) is 0 Å². The van der Waals surface area contributed by atoms with Crippen molar-refractivity contribution in [3.05, 3.63) is 24.3 Å². The lowest BCUT2D eigenvalue weighted by Gasteiger charge is -2.21. The van der Waals surface area contributed by atoms with E-state index in [9.17, 15) is 43.2 Å². The molecule has 2 unspecified atom stereocenters. The summed E-state index contributed by atoms with van der Waals surface area (Å²) in [4.78, 5) is 72.0. The standard InChI is InChI=1S/C64H120O17P2/c1-5-9-13-17-21-24-26-28-29-30-32-35-39-43-47-51-64(69)81-60(55-75-62(67)49-45-41-37-34-31-27-25-22-18-14-10-6-2)57-79-83(72,73)77-53-58(65)52-76-82(70,71)78-56-59(54-74-61(66)48-44-40-36-20-16-12-8-4)80-63(68)50-46-42-38-33-23-19-15-11-7-3/h24,26,28-29,58-60,65H,5-23,25,27,30-57H2,1-4H3,(H,70,71)(H,72,73)/b26-24-,29-28-/t58-,59+,60+/m0/s1. The van der Waals surface area contributed by atoms with E-state index in [1.54, 1.807) is 0 Å². The van der Waals surface area contributed by atoms with Crippen LogP contribution in [-0.2, 0) is 65.4 Å². The molecule has 0 aliphatic heterocycles. The number of carbonyl (C=O) groups excluding carboxylic acids is 4. The summed E-state index contributed by atoms with van der Waals surface area (Å²) in [6.07, 6.45) is 46.7. The molecular weight excluding hydrogens is 1100 g/mol. The van der Waals surface area contributed by atoms with Gasteiger partial charge in [-0.1, -0.05) is 251 Å². The van der Waals surface area contributed by atoms with Crippen LogP contribution < -0.4 is 0 Å². The van der Waals surface area contributed by atoms with E-state index in [1.807, 2.05) is 0 Å². The number of rotatable bonds is 63. The number of hydrogen-bond donors (Lipinski definition) is 3. The maximum atomic E-state index is 13.0. The minimum atomic E-state index is -4.95. The number of aliphatic hydroxyl groups excluding tert-OH is 1. The molecule has 0 aliphatic carbocycles. The van der Waals surface area contributed by atoms with E-state index in [0.29, 0.717) is 25.7 Å². The summed E-state index contributed by atoms with van der Waals surface area (Å²) in [7, 11) is -9.89. The third-order valence-electron chi connectivity index (χ3n) is 14.2. The van der Waals surface area contributed by atoms with Crippen LogP contribution in [0.2, 0.25) is 0 Å². The molecule has 3 N–H and O–H groups in total. The van der Waals surface area contributed by atoms with Gasteiger partial charge >= 0.3 is 39.5 Å². The second kappa shape index (κ2) is 58.6. The fourth-order valence-electron chi connectivity index (χ4n) is 9.09. The molecule has 0 saturated carbocycles. The molecule has 488 valence electrons. The van der Waals surface area contributed by atoms with E-state index >= 15 is 0 Å². The molecule has 83 heavy (non-hydrogen) atoms. The van der Waals surface area contributed by atoms with Crippen molar-refractivity contribution < 1.29 is 80.2 Å². The minimum absolute atomic E-state index is 0.0855. The topological polar surface area (TPSA) is 237 Å². The summed E-state index contributed by atoms with van der Waals surface area (Å²) in [6, 6.07) is 0. The average Bonchev–Trinajstić information content (AvgIpc) is 3.47. The summed E-state index contributed by atoms with van der Waals surface area (Å²) in [5, 5.41) is 10.5. The fourth-order valence-corrected chi connectivity index (χ4v) is 10.7. The van der Waals surface area contributed by atoms with E-state index in [-0.39, 0.29) is 25.7 Å². The molecule has 0 heterocycles. The lowest BCUT2D eigenvalue weighted by molar-refractivity contribution is -0.161. The minimum Gasteiger partial charge on any atom is -0.462 e. The van der Waals surface area contributed by atoms with E-state index in [0.717, 1.165) is 116 Å². The van der Waals surface area contributed by atoms with E-state index in [4.69, 9.17) is 37.0 Å². The van der Waals surface area contributed by atoms with Crippen molar-refractivity contribution in [2.45, 2.75) is 322 Å². The van der Waals surface area contributed by atoms with Crippen LogP contribution >= 0.6 is 15.6 Å². The maximum absolute atomic E-state index is 13.0. The van der Waals surface area contributed by atoms with Crippen molar-refractivity contribution in [2.75, 3.05) is 39.6 Å². The fraction of sp³-hybridized carbons (Fsp3) is 0.875. The number of unbranched alkanes of at least 4 members (excludes halogenated alkanes) is 34. The number of phosphoric ester groups is 2. The zero-order valence-corrected chi connectivity index (χ0v) is 54.4. The van der Waals surface area contributed by atoms with Gasteiger partial charge in [0.2, 0.25) is 0 Å². The Kier molecular flexibility index (Phi) is 56.8. The highest BCUT2D eigenvalue weighted by atomic mass is 31.2. The van der Waals surface area contributed by atoms with Gasteiger partial charge in [-0.05, 0) is 51.4 Å². The van der Waals surface area contributed by atoms with Gasteiger partial charge in [-0.25, -0.2) is 9.13 Å². The summed E-state index contributed by atoms with van der Waals surface area (Å²) in [5.41, 5.74) is 0. The molecule has 19 heteroatoms. The number of allylic oxidation sites excluding steroid dienone is 4. The van der Waals surface area contributed by atoms with Gasteiger partial charge in [0.05, 0.1) is 26.4 Å². The van der Waals surface area contributed by atoms with Gasteiger partial charge in [0.1, 0.15) is 19.3 Å². The molecule has 0 amide bonds. The molecule has 0 aliphatic rings. The first-order chi connectivity index (χ1) is 40.2. The quantitative estimate of drug-likeness (QED) is 0.0169. The van der Waals surface area contributed by atoms with Crippen LogP contribution in [0.25, 0.3) is 0 Å². The highest BCUT2D eigenvalue weighted by Gasteiger charge is 2.30. The Morgan fingerprint density at radius 1 is 0.337 bits per heavy atom. The number of phosphoric acid groups is 2. The van der Waals surface area contributed by atoms with Gasteiger partial charge in [0.15, 0.2) is 12.2 Å². The van der Waals surface area contributed by atoms with E-state index in [2.05, 4.69) is 52.0 Å². The van der Waals surface area contributed by atoms with Gasteiger partial charge in [0, 0.05) is 25.7 Å². The third-order valence-corrected chi connectivity index (χ3v) is 16.1. The van der Waals surface area contributed by atoms with Crippen LogP contribution in [0.4, 0.5) is 0 Å². The Bertz CT molecular complexity index is 1700. The number of hydrogen-bond acceptors (Lipinski definition) is 15. The molecule has 0 bridgehead atoms. The first kappa shape index (κ1) is 80.5. The number of carbonyl (C=O) groups is 4. The average molecular weight is 1220 g/mol. The predicted molar refractivity (Wildman–Crippen MR) is 331 cm³/mol. The van der Waals surface area contributed by atoms with Crippen molar-refractivity contribution in [1.82, 2.24) is 0 Å². The normalized spacial score (nSPS) is 14.3. The molecule has 0 fully saturated rings. The molecule has 0 rings (SSSR count). The molecule has 17 nitrogen and oxygen atoms in total. The van der Waals surface area contributed by atoms with Gasteiger partial charge in [-0.3, -0.25) is 37.3 Å². The lowest BCUT2D eigenvalue weighted by Crippen LogP contribution is -2.30. The van der Waals surface area contributed by atoms with E-state index < -0.39 is 97.5 Å². The molecule has 0 aromatic rings. The van der Waals surface area contributed by atoms with Crippen LogP contribution in [-0.4, -0.2) is 96.7 Å². The third kappa shape index (κ3) is 58.3. The second-order valence-electron chi connectivity index (χ2n) is 22.5. The van der Waals surface area contributed by atoms with Crippen molar-refractivity contribution >= 4 is 39.5 Å². The SMILES string of the molecule is CCCCCC/C=C\C=C/CCCCCCCC(=O)O[C@H](COC(=O)CCCCCCCCCCCCCC)COP(=O)(O)OC[C@@H](O)COP(=O)(O)OC[C@@H](COC(=O)CCCCCCCCC)OC(=O)CCCCCCCCCCC. The Balaban J connectivity index is 5.24. The predicted octanol–water partition coefficient (Wildman–Crippen LogP) is 17.5. The smallest absolute Gasteiger partial charge is 0.462 e. The maximum Gasteiger partial charge on any atom is 0.472 e. The summed E-state index contributed by atoms with van der Waals surface area (Å²) in [6.45, 7) is 4.77. The Morgan fingerprint density at radius 2 is 0.578 bits per heavy atom. The van der Waals surface area contributed by atoms with Crippen molar-refractivity contribution in [1.29, 1.82) is 0 Å². The molecule has 0 aromatic carbocycles. The molecular formula is C64H120O17P2. The van der Waals surface area contributed by atoms with Crippen LogP contribution in [0.1, 0.15) is 304 Å². The van der Waals surface area contributed by atoms with Crippen LogP contribution in [0.5, 0.6) is 0 Å². The van der Waals surface area contributed by atoms with Crippen molar-refractivity contribution in [2.24, 2.45) is 0 Å². The number of ether oxygens (including phenoxy) is 4. The zero-order valence-electron chi connectivity index (χ0n) is 52.6. The largest absolute Gasteiger partial charge is 0.472 e. The van der Waals surface area contributed by atoms with Crippen molar-refractivity contribution in [3.8, 4) is 0 Å². The second-order valence-corrected chi connectivity index (χ2v) is 25.4. The first-order valence-corrected chi connectivity index (χ1v) is 36.1. The van der Waals surface area contributed by atoms with Gasteiger partial charge in [-0.15, -0.1) is 0 Å². The molecule has 0 spiro atoms. The summed E-state index contributed by atoms with van der Waals surface area (Å²) >= 11 is 0. The zero-order chi connectivity index (χ0) is 61.2. The summed E-state index contributed by atoms with van der Waals surface area (Å²) in [5.74, 6) is -2.17. The summed E-state index contributed by atoms with van der Waals surface area (Å²) < 4.78 is 67.8. The molecule has 0 aromatic heterocycles. The molecule has 0 saturated heterocycles. The van der Waals surface area contributed by atoms with Crippen LogP contribution in [0.15, 0.2) is 24.3 Å². The first-order valence-electron chi connectivity index (χ1n) is 33.1. The van der Waals surface area contributed by atoms with Gasteiger partial charge in [0.25, 0.3) is 0 Å². The highest BCUT2D eigenvalue weighted by molar-refractivity contribution is 7.47. The Labute approximate surface area is 503 Å². The van der Waals surface area contributed by atoms with Gasteiger partial charge < -0.3 is 33.8 Å². The van der Waals surface area contributed by atoms with Crippen LogP contribution in [0, 0.1) is 0 Å². The van der Waals surface area contributed by atoms with Gasteiger partial charge in [-0.2, -0.15) is 0 Å². The van der Waals surface area contributed by atoms with E-state index in [1.165, 1.54) is 109 Å². The Morgan fingerprint density at radius 3 is 0.880 bits per heavy atom. The number of esters is 4. The molecule has 0 radical (unpaired) electrons. The Hall–Kier alpha value is -2.46. The highest BCUT2D eigenvalue weighted by Crippen LogP contribution is 2.45. The molecule has 5 atom stereocenters. The van der Waals surface area contributed by atoms with Crippen molar-refractivity contribution in [3.63, 3.8) is 0 Å².